The topological polar surface area (TPSA) is 127 Å². The smallest absolute Gasteiger partial charge is 0.309 e. The molecule has 1 aliphatic carbocycles. The number of fused-ring (bicyclic) bond motifs is 1. The summed E-state index contributed by atoms with van der Waals surface area (Å²) in [5, 5.41) is 0.397. The highest BCUT2D eigenvalue weighted by molar-refractivity contribution is 5.89. The third-order valence-corrected chi connectivity index (χ3v) is 5.39. The van der Waals surface area contributed by atoms with Gasteiger partial charge in [-0.15, -0.1) is 0 Å². The highest BCUT2D eigenvalue weighted by Gasteiger charge is 2.37. The lowest BCUT2D eigenvalue weighted by Crippen LogP contribution is -2.39. The molecule has 2 aromatic carbocycles. The van der Waals surface area contributed by atoms with Crippen LogP contribution in [-0.2, 0) is 9.53 Å². The summed E-state index contributed by atoms with van der Waals surface area (Å²) < 4.78 is 22.5. The minimum absolute atomic E-state index is 0.155. The number of hydrogen-bond acceptors (Lipinski definition) is 8. The summed E-state index contributed by atoms with van der Waals surface area (Å²) in [6.45, 7) is 2.14. The van der Waals surface area contributed by atoms with Gasteiger partial charge in [-0.05, 0) is 38.0 Å². The first-order valence-corrected chi connectivity index (χ1v) is 10.0. The molecule has 31 heavy (non-hydrogen) atoms. The van der Waals surface area contributed by atoms with Crippen LogP contribution in [0.2, 0.25) is 0 Å². The first-order valence-electron chi connectivity index (χ1n) is 10.0. The Morgan fingerprint density at radius 2 is 1.90 bits per heavy atom. The Kier molecular flexibility index (Phi) is 5.46. The van der Waals surface area contributed by atoms with E-state index in [2.05, 4.69) is 0 Å². The Bertz CT molecular complexity index is 1200. The maximum Gasteiger partial charge on any atom is 0.309 e. The number of rotatable bonds is 6. The van der Waals surface area contributed by atoms with Crippen molar-refractivity contribution in [3.63, 3.8) is 0 Å². The van der Waals surface area contributed by atoms with E-state index in [1.54, 1.807) is 37.3 Å². The summed E-state index contributed by atoms with van der Waals surface area (Å²) in [7, 11) is 1.50. The van der Waals surface area contributed by atoms with E-state index in [0.717, 1.165) is 0 Å². The van der Waals surface area contributed by atoms with E-state index in [9.17, 15) is 9.59 Å². The Morgan fingerprint density at radius 3 is 2.61 bits per heavy atom. The van der Waals surface area contributed by atoms with Crippen LogP contribution in [0.3, 0.4) is 0 Å². The van der Waals surface area contributed by atoms with Crippen LogP contribution in [0.5, 0.6) is 11.5 Å². The standard InChI is InChI=1S/C23H24N2O6/c1-3-29-23(27)12-7-13(8-12)30-21-9-15(19(28-2)10-17(21)25)20-11-18(26)14-5-4-6-16(24)22(14)31-20/h4-6,9-13H,3,7-8,24-25H2,1-2H3. The molecular weight excluding hydrogens is 400 g/mol. The van der Waals surface area contributed by atoms with Crippen molar-refractivity contribution in [3.8, 4) is 22.8 Å². The molecule has 0 bridgehead atoms. The van der Waals surface area contributed by atoms with Gasteiger partial charge in [0.05, 0.1) is 42.0 Å². The van der Waals surface area contributed by atoms with Crippen molar-refractivity contribution in [1.29, 1.82) is 0 Å². The number of ether oxygens (including phenoxy) is 3. The normalized spacial score (nSPS) is 17.7. The van der Waals surface area contributed by atoms with Crippen LogP contribution in [0, 0.1) is 5.92 Å². The van der Waals surface area contributed by atoms with Crippen LogP contribution in [0.15, 0.2) is 45.6 Å². The molecule has 1 aliphatic rings. The van der Waals surface area contributed by atoms with Crippen molar-refractivity contribution in [2.45, 2.75) is 25.9 Å². The zero-order valence-corrected chi connectivity index (χ0v) is 17.3. The molecule has 3 aromatic rings. The predicted molar refractivity (Wildman–Crippen MR) is 117 cm³/mol. The molecule has 0 spiro atoms. The number of methoxy groups -OCH3 is 1. The number of anilines is 2. The lowest BCUT2D eigenvalue weighted by atomic mass is 9.82. The molecule has 0 atom stereocenters. The molecule has 0 amide bonds. The van der Waals surface area contributed by atoms with Crippen LogP contribution < -0.4 is 26.4 Å². The Balaban J connectivity index is 1.66. The highest BCUT2D eigenvalue weighted by Crippen LogP contribution is 2.41. The van der Waals surface area contributed by atoms with Crippen LogP contribution in [0.25, 0.3) is 22.3 Å². The van der Waals surface area contributed by atoms with E-state index in [1.807, 2.05) is 0 Å². The molecule has 0 saturated heterocycles. The second-order valence-electron chi connectivity index (χ2n) is 7.45. The number of esters is 1. The van der Waals surface area contributed by atoms with Crippen molar-refractivity contribution in [2.75, 3.05) is 25.2 Å². The summed E-state index contributed by atoms with van der Waals surface area (Å²) in [4.78, 5) is 24.4. The van der Waals surface area contributed by atoms with Gasteiger partial charge in [0.25, 0.3) is 0 Å². The molecule has 8 heteroatoms. The van der Waals surface area contributed by atoms with Crippen LogP contribution in [0.4, 0.5) is 11.4 Å². The maximum atomic E-state index is 12.6. The Labute approximate surface area is 178 Å². The van der Waals surface area contributed by atoms with Gasteiger partial charge in [0, 0.05) is 12.1 Å². The molecule has 0 radical (unpaired) electrons. The minimum Gasteiger partial charge on any atom is -0.496 e. The lowest BCUT2D eigenvalue weighted by molar-refractivity contribution is -0.154. The van der Waals surface area contributed by atoms with Gasteiger partial charge in [-0.2, -0.15) is 0 Å². The Morgan fingerprint density at radius 1 is 1.13 bits per heavy atom. The van der Waals surface area contributed by atoms with Crippen molar-refractivity contribution in [3.05, 3.63) is 46.6 Å². The van der Waals surface area contributed by atoms with Crippen molar-refractivity contribution in [2.24, 2.45) is 5.92 Å². The molecule has 1 saturated carbocycles. The monoisotopic (exact) mass is 424 g/mol. The zero-order valence-electron chi connectivity index (χ0n) is 17.3. The van der Waals surface area contributed by atoms with Gasteiger partial charge in [0.1, 0.15) is 23.4 Å². The molecular formula is C23H24N2O6. The average Bonchev–Trinajstić information content (AvgIpc) is 2.71. The van der Waals surface area contributed by atoms with Gasteiger partial charge in [-0.25, -0.2) is 0 Å². The molecule has 0 unspecified atom stereocenters. The lowest BCUT2D eigenvalue weighted by Gasteiger charge is -2.34. The minimum atomic E-state index is -0.221. The molecule has 8 nitrogen and oxygen atoms in total. The maximum absolute atomic E-state index is 12.6. The van der Waals surface area contributed by atoms with Crippen molar-refractivity contribution >= 4 is 28.3 Å². The fourth-order valence-corrected chi connectivity index (χ4v) is 3.66. The predicted octanol–water partition coefficient (Wildman–Crippen LogP) is 3.35. The summed E-state index contributed by atoms with van der Waals surface area (Å²) >= 11 is 0. The Hall–Kier alpha value is -3.68. The fraction of sp³-hybridized carbons (Fsp3) is 0.304. The summed E-state index contributed by atoms with van der Waals surface area (Å²) in [6, 6.07) is 9.71. The van der Waals surface area contributed by atoms with E-state index in [1.165, 1.54) is 13.2 Å². The third kappa shape index (κ3) is 3.88. The number of carbonyl (C=O) groups excluding carboxylic acids is 1. The van der Waals surface area contributed by atoms with Crippen LogP contribution in [-0.4, -0.2) is 25.8 Å². The van der Waals surface area contributed by atoms with Gasteiger partial charge in [0.15, 0.2) is 11.0 Å². The summed E-state index contributed by atoms with van der Waals surface area (Å²) in [5.41, 5.74) is 13.5. The summed E-state index contributed by atoms with van der Waals surface area (Å²) in [5.74, 6) is 0.772. The average molecular weight is 424 g/mol. The van der Waals surface area contributed by atoms with E-state index in [0.29, 0.717) is 58.9 Å². The van der Waals surface area contributed by atoms with E-state index < -0.39 is 0 Å². The number of hydrogen-bond donors (Lipinski definition) is 2. The zero-order chi connectivity index (χ0) is 22.1. The van der Waals surface area contributed by atoms with Crippen LogP contribution in [0.1, 0.15) is 19.8 Å². The van der Waals surface area contributed by atoms with Gasteiger partial charge >= 0.3 is 5.97 Å². The van der Waals surface area contributed by atoms with Crippen molar-refractivity contribution < 1.29 is 23.4 Å². The second-order valence-corrected chi connectivity index (χ2v) is 7.45. The molecule has 4 N–H and O–H groups in total. The molecule has 1 aromatic heterocycles. The molecule has 1 fully saturated rings. The van der Waals surface area contributed by atoms with E-state index in [-0.39, 0.29) is 29.2 Å². The van der Waals surface area contributed by atoms with Gasteiger partial charge in [0.2, 0.25) is 0 Å². The second kappa shape index (κ2) is 8.22. The fourth-order valence-electron chi connectivity index (χ4n) is 3.66. The van der Waals surface area contributed by atoms with Gasteiger partial charge in [-0.1, -0.05) is 6.07 Å². The molecule has 1 heterocycles. The number of benzene rings is 2. The van der Waals surface area contributed by atoms with Crippen LogP contribution >= 0.6 is 0 Å². The number of carbonyl (C=O) groups is 1. The first-order chi connectivity index (χ1) is 14.9. The number of nitrogen functional groups attached to an aromatic ring is 2. The molecule has 4 rings (SSSR count). The third-order valence-electron chi connectivity index (χ3n) is 5.39. The highest BCUT2D eigenvalue weighted by atomic mass is 16.5. The molecule has 162 valence electrons. The number of para-hydroxylation sites is 1. The summed E-state index contributed by atoms with van der Waals surface area (Å²) in [6.07, 6.45) is 0.958. The first kappa shape index (κ1) is 20.6. The largest absolute Gasteiger partial charge is 0.496 e. The van der Waals surface area contributed by atoms with E-state index >= 15 is 0 Å². The van der Waals surface area contributed by atoms with Crippen molar-refractivity contribution in [1.82, 2.24) is 0 Å². The van der Waals surface area contributed by atoms with Gasteiger partial charge < -0.3 is 30.1 Å². The van der Waals surface area contributed by atoms with Gasteiger partial charge in [-0.3, -0.25) is 9.59 Å². The van der Waals surface area contributed by atoms with E-state index in [4.69, 9.17) is 30.1 Å². The number of nitrogens with two attached hydrogens (primary N) is 2. The molecule has 0 aliphatic heterocycles. The SMILES string of the molecule is CCOC(=O)C1CC(Oc2cc(-c3cc(=O)c4cccc(N)c4o3)c(OC)cc2N)C1. The quantitative estimate of drug-likeness (QED) is 0.456.